The van der Waals surface area contributed by atoms with Gasteiger partial charge >= 0.3 is 0 Å². The zero-order chi connectivity index (χ0) is 15.2. The minimum atomic E-state index is -0.111. The van der Waals surface area contributed by atoms with E-state index in [-0.39, 0.29) is 5.78 Å². The van der Waals surface area contributed by atoms with Crippen LogP contribution in [0.25, 0.3) is 6.08 Å². The van der Waals surface area contributed by atoms with Gasteiger partial charge in [-0.3, -0.25) is 4.79 Å². The van der Waals surface area contributed by atoms with Crippen LogP contribution in [0, 0.1) is 18.3 Å². The first kappa shape index (κ1) is 14.5. The molecule has 0 N–H and O–H groups in total. The summed E-state index contributed by atoms with van der Waals surface area (Å²) in [7, 11) is 1.55. The summed E-state index contributed by atoms with van der Waals surface area (Å²) in [5, 5.41) is 8.74. The van der Waals surface area contributed by atoms with Crippen molar-refractivity contribution in [3.05, 3.63) is 70.8 Å². The van der Waals surface area contributed by atoms with Crippen molar-refractivity contribution in [1.82, 2.24) is 0 Å². The fourth-order valence-corrected chi connectivity index (χ4v) is 1.94. The number of carbonyl (C=O) groups is 1. The Morgan fingerprint density at radius 2 is 1.90 bits per heavy atom. The summed E-state index contributed by atoms with van der Waals surface area (Å²) >= 11 is 0. The molecule has 3 heteroatoms. The molecule has 0 atom stereocenters. The van der Waals surface area contributed by atoms with Crippen LogP contribution >= 0.6 is 0 Å². The number of ether oxygens (including phenoxy) is 1. The molecule has 0 fully saturated rings. The lowest BCUT2D eigenvalue weighted by Gasteiger charge is -2.06. The highest BCUT2D eigenvalue weighted by atomic mass is 16.5. The Morgan fingerprint density at radius 3 is 2.52 bits per heavy atom. The van der Waals surface area contributed by atoms with Gasteiger partial charge in [0, 0.05) is 0 Å². The maximum atomic E-state index is 12.3. The van der Waals surface area contributed by atoms with Crippen LogP contribution in [0.15, 0.2) is 48.5 Å². The smallest absolute Gasteiger partial charge is 0.189 e. The van der Waals surface area contributed by atoms with Crippen LogP contribution in [0.1, 0.15) is 27.0 Å². The molecule has 0 aliphatic carbocycles. The van der Waals surface area contributed by atoms with Crippen LogP contribution in [0.2, 0.25) is 0 Å². The van der Waals surface area contributed by atoms with Crippen LogP contribution in [0.3, 0.4) is 0 Å². The SMILES string of the molecule is COc1ccc(C)cc1C(=O)/C=C/c1ccc(C#N)cc1. The molecule has 0 spiro atoms. The number of rotatable bonds is 4. The Bertz CT molecular complexity index is 722. The summed E-state index contributed by atoms with van der Waals surface area (Å²) in [5.74, 6) is 0.454. The van der Waals surface area contributed by atoms with Gasteiger partial charge in [0.05, 0.1) is 24.3 Å². The average molecular weight is 277 g/mol. The Kier molecular flexibility index (Phi) is 4.53. The van der Waals surface area contributed by atoms with E-state index in [0.717, 1.165) is 11.1 Å². The largest absolute Gasteiger partial charge is 0.496 e. The quantitative estimate of drug-likeness (QED) is 0.631. The van der Waals surface area contributed by atoms with Crippen molar-refractivity contribution in [2.24, 2.45) is 0 Å². The molecule has 0 aromatic heterocycles. The second kappa shape index (κ2) is 6.53. The van der Waals surface area contributed by atoms with Gasteiger partial charge in [0.15, 0.2) is 5.78 Å². The fourth-order valence-electron chi connectivity index (χ4n) is 1.94. The van der Waals surface area contributed by atoms with Crippen molar-refractivity contribution in [2.75, 3.05) is 7.11 Å². The molecule has 2 rings (SSSR count). The zero-order valence-corrected chi connectivity index (χ0v) is 12.0. The van der Waals surface area contributed by atoms with Crippen molar-refractivity contribution in [3.63, 3.8) is 0 Å². The summed E-state index contributed by atoms with van der Waals surface area (Å²) in [6, 6.07) is 14.6. The van der Waals surface area contributed by atoms with E-state index >= 15 is 0 Å². The highest BCUT2D eigenvalue weighted by Crippen LogP contribution is 2.21. The van der Waals surface area contributed by atoms with Gasteiger partial charge in [0.2, 0.25) is 0 Å². The lowest BCUT2D eigenvalue weighted by atomic mass is 10.0. The average Bonchev–Trinajstić information content (AvgIpc) is 2.53. The summed E-state index contributed by atoms with van der Waals surface area (Å²) in [6.07, 6.45) is 3.24. The molecule has 0 saturated heterocycles. The first-order valence-corrected chi connectivity index (χ1v) is 6.51. The number of hydrogen-bond donors (Lipinski definition) is 0. The van der Waals surface area contributed by atoms with E-state index in [1.807, 2.05) is 19.1 Å². The van der Waals surface area contributed by atoms with Crippen LogP contribution < -0.4 is 4.74 Å². The Balaban J connectivity index is 2.22. The van der Waals surface area contributed by atoms with E-state index in [2.05, 4.69) is 6.07 Å². The van der Waals surface area contributed by atoms with Crippen molar-refractivity contribution < 1.29 is 9.53 Å². The number of aryl methyl sites for hydroxylation is 1. The Morgan fingerprint density at radius 1 is 1.19 bits per heavy atom. The minimum Gasteiger partial charge on any atom is -0.496 e. The van der Waals surface area contributed by atoms with Gasteiger partial charge in [-0.05, 0) is 42.8 Å². The molecule has 0 unspecified atom stereocenters. The third-order valence-electron chi connectivity index (χ3n) is 3.09. The van der Waals surface area contributed by atoms with Crippen LogP contribution in [-0.4, -0.2) is 12.9 Å². The van der Waals surface area contributed by atoms with E-state index < -0.39 is 0 Å². The lowest BCUT2D eigenvalue weighted by molar-refractivity contribution is 0.104. The Hall–Kier alpha value is -2.86. The topological polar surface area (TPSA) is 50.1 Å². The second-order valence-electron chi connectivity index (χ2n) is 4.64. The van der Waals surface area contributed by atoms with Gasteiger partial charge in [0.25, 0.3) is 0 Å². The molecular weight excluding hydrogens is 262 g/mol. The normalized spacial score (nSPS) is 10.3. The molecule has 0 heterocycles. The maximum absolute atomic E-state index is 12.3. The number of methoxy groups -OCH3 is 1. The summed E-state index contributed by atoms with van der Waals surface area (Å²) in [6.45, 7) is 1.93. The lowest BCUT2D eigenvalue weighted by Crippen LogP contribution is -1.99. The molecule has 0 aliphatic rings. The number of nitriles is 1. The van der Waals surface area contributed by atoms with Crippen molar-refractivity contribution in [3.8, 4) is 11.8 Å². The molecule has 2 aromatic rings. The number of carbonyl (C=O) groups excluding carboxylic acids is 1. The molecular formula is C18H15NO2. The van der Waals surface area contributed by atoms with Crippen LogP contribution in [0.5, 0.6) is 5.75 Å². The molecule has 2 aromatic carbocycles. The van der Waals surface area contributed by atoms with Crippen molar-refractivity contribution in [1.29, 1.82) is 5.26 Å². The van der Waals surface area contributed by atoms with Crippen molar-refractivity contribution in [2.45, 2.75) is 6.92 Å². The van der Waals surface area contributed by atoms with Gasteiger partial charge in [0.1, 0.15) is 5.75 Å². The number of allylic oxidation sites excluding steroid dienone is 1. The zero-order valence-electron chi connectivity index (χ0n) is 12.0. The maximum Gasteiger partial charge on any atom is 0.189 e. The highest BCUT2D eigenvalue weighted by Gasteiger charge is 2.09. The van der Waals surface area contributed by atoms with Gasteiger partial charge in [-0.15, -0.1) is 0 Å². The number of hydrogen-bond acceptors (Lipinski definition) is 3. The van der Waals surface area contributed by atoms with Gasteiger partial charge in [-0.25, -0.2) is 0 Å². The molecule has 0 amide bonds. The predicted molar refractivity (Wildman–Crippen MR) is 82.3 cm³/mol. The molecule has 0 radical (unpaired) electrons. The third kappa shape index (κ3) is 3.58. The first-order valence-electron chi connectivity index (χ1n) is 6.51. The molecule has 3 nitrogen and oxygen atoms in total. The predicted octanol–water partition coefficient (Wildman–Crippen LogP) is 3.77. The van der Waals surface area contributed by atoms with Gasteiger partial charge in [-0.1, -0.05) is 29.8 Å². The second-order valence-corrected chi connectivity index (χ2v) is 4.64. The Labute approximate surface area is 124 Å². The van der Waals surface area contributed by atoms with E-state index in [0.29, 0.717) is 16.9 Å². The third-order valence-corrected chi connectivity index (χ3v) is 3.09. The first-order chi connectivity index (χ1) is 10.1. The summed E-state index contributed by atoms with van der Waals surface area (Å²) in [5.41, 5.74) is 3.01. The van der Waals surface area contributed by atoms with Crippen molar-refractivity contribution >= 4 is 11.9 Å². The van der Waals surface area contributed by atoms with Crippen LogP contribution in [-0.2, 0) is 0 Å². The molecule has 21 heavy (non-hydrogen) atoms. The number of benzene rings is 2. The fraction of sp³-hybridized carbons (Fsp3) is 0.111. The summed E-state index contributed by atoms with van der Waals surface area (Å²) < 4.78 is 5.21. The van der Waals surface area contributed by atoms with E-state index in [4.69, 9.17) is 10.00 Å². The number of nitrogens with zero attached hydrogens (tertiary/aromatic N) is 1. The van der Waals surface area contributed by atoms with Gasteiger partial charge in [-0.2, -0.15) is 5.26 Å². The molecule has 0 aliphatic heterocycles. The standard InChI is InChI=1S/C18H15NO2/c1-13-3-10-18(21-2)16(11-13)17(20)9-8-14-4-6-15(12-19)7-5-14/h3-11H,1-2H3/b9-8+. The van der Waals surface area contributed by atoms with Crippen LogP contribution in [0.4, 0.5) is 0 Å². The molecule has 104 valence electrons. The molecule has 0 saturated carbocycles. The number of ketones is 1. The summed E-state index contributed by atoms with van der Waals surface area (Å²) in [4.78, 5) is 12.3. The molecule has 0 bridgehead atoms. The highest BCUT2D eigenvalue weighted by molar-refractivity contribution is 6.08. The van der Waals surface area contributed by atoms with E-state index in [1.165, 1.54) is 6.08 Å². The van der Waals surface area contributed by atoms with Gasteiger partial charge < -0.3 is 4.74 Å². The minimum absolute atomic E-state index is 0.111. The van der Waals surface area contributed by atoms with E-state index in [9.17, 15) is 4.79 Å². The van der Waals surface area contributed by atoms with E-state index in [1.54, 1.807) is 43.5 Å². The monoisotopic (exact) mass is 277 g/mol.